The number of hydrogen-bond acceptors (Lipinski definition) is 6. The molecule has 0 radical (unpaired) electrons. The maximum Gasteiger partial charge on any atom is 0.508 e. The molecule has 0 aliphatic rings. The summed E-state index contributed by atoms with van der Waals surface area (Å²) in [5.74, 6) is -0.914. The summed E-state index contributed by atoms with van der Waals surface area (Å²) in [5, 5.41) is 2.48. The second-order valence-corrected chi connectivity index (χ2v) is 3.49. The van der Waals surface area contributed by atoms with Crippen LogP contribution in [0.25, 0.3) is 0 Å². The van der Waals surface area contributed by atoms with E-state index in [2.05, 4.69) is 21.4 Å². The number of ether oxygens (including phenoxy) is 3. The predicted octanol–water partition coefficient (Wildman–Crippen LogP) is 0.393. The number of esters is 1. The Balaban J connectivity index is 4.22. The molecular weight excluding hydrogens is 242 g/mol. The van der Waals surface area contributed by atoms with Crippen LogP contribution in [0.4, 0.5) is 4.79 Å². The van der Waals surface area contributed by atoms with Crippen molar-refractivity contribution >= 4 is 18.0 Å². The van der Waals surface area contributed by atoms with Crippen LogP contribution < -0.4 is 5.32 Å². The van der Waals surface area contributed by atoms with Gasteiger partial charge >= 0.3 is 12.1 Å². The van der Waals surface area contributed by atoms with Gasteiger partial charge in [-0.3, -0.25) is 9.59 Å². The van der Waals surface area contributed by atoms with Gasteiger partial charge in [0.25, 0.3) is 0 Å². The van der Waals surface area contributed by atoms with E-state index >= 15 is 0 Å². The van der Waals surface area contributed by atoms with Crippen molar-refractivity contribution in [3.05, 3.63) is 12.2 Å². The highest BCUT2D eigenvalue weighted by Crippen LogP contribution is 1.96. The molecule has 18 heavy (non-hydrogen) atoms. The van der Waals surface area contributed by atoms with Crippen molar-refractivity contribution in [2.24, 2.45) is 0 Å². The molecule has 0 aliphatic heterocycles. The Kier molecular flexibility index (Phi) is 7.18. The van der Waals surface area contributed by atoms with E-state index in [1.165, 1.54) is 6.92 Å². The van der Waals surface area contributed by atoms with Gasteiger partial charge in [-0.2, -0.15) is 0 Å². The van der Waals surface area contributed by atoms with Crippen molar-refractivity contribution in [1.82, 2.24) is 5.32 Å². The third kappa shape index (κ3) is 7.26. The minimum absolute atomic E-state index is 0.0161. The zero-order valence-electron chi connectivity index (χ0n) is 10.6. The smallest absolute Gasteiger partial charge is 0.457 e. The van der Waals surface area contributed by atoms with E-state index in [0.29, 0.717) is 5.57 Å². The molecule has 0 aromatic carbocycles. The predicted molar refractivity (Wildman–Crippen MR) is 61.7 cm³/mol. The van der Waals surface area contributed by atoms with Gasteiger partial charge in [-0.15, -0.1) is 0 Å². The lowest BCUT2D eigenvalue weighted by molar-refractivity contribution is -0.149. The number of nitrogens with one attached hydrogen (secondary N) is 1. The largest absolute Gasteiger partial charge is 0.508 e. The van der Waals surface area contributed by atoms with Crippen LogP contribution in [-0.4, -0.2) is 44.4 Å². The molecule has 0 aromatic heterocycles. The fourth-order valence-electron chi connectivity index (χ4n) is 0.947. The molecule has 1 unspecified atom stereocenters. The average Bonchev–Trinajstić information content (AvgIpc) is 2.30. The van der Waals surface area contributed by atoms with E-state index in [-0.39, 0.29) is 19.1 Å². The molecule has 0 aliphatic carbocycles. The molecule has 7 heteroatoms. The fraction of sp³-hybridized carbons (Fsp3) is 0.545. The SMILES string of the molecule is C=C(C)C(=O)NCC(COC(=O)OC)OC(C)=O. The van der Waals surface area contributed by atoms with Gasteiger partial charge in [0.05, 0.1) is 13.7 Å². The average molecular weight is 259 g/mol. The molecule has 1 amide bonds. The normalized spacial score (nSPS) is 11.1. The third-order valence-corrected chi connectivity index (χ3v) is 1.76. The Bertz CT molecular complexity index is 338. The van der Waals surface area contributed by atoms with Gasteiger partial charge in [0, 0.05) is 12.5 Å². The van der Waals surface area contributed by atoms with Crippen molar-refractivity contribution in [2.75, 3.05) is 20.3 Å². The lowest BCUT2D eigenvalue weighted by Crippen LogP contribution is -2.38. The standard InChI is InChI=1S/C11H17NO6/c1-7(2)10(14)12-5-9(18-8(3)13)6-17-11(15)16-4/h9H,1,5-6H2,2-4H3,(H,12,14). The molecule has 0 heterocycles. The van der Waals surface area contributed by atoms with Crippen LogP contribution in [0.3, 0.4) is 0 Å². The first-order valence-electron chi connectivity index (χ1n) is 5.18. The molecule has 102 valence electrons. The molecule has 0 rings (SSSR count). The Morgan fingerprint density at radius 2 is 1.89 bits per heavy atom. The zero-order valence-corrected chi connectivity index (χ0v) is 10.6. The highest BCUT2D eigenvalue weighted by Gasteiger charge is 2.16. The van der Waals surface area contributed by atoms with Gasteiger partial charge in [0.1, 0.15) is 6.61 Å². The van der Waals surface area contributed by atoms with Crippen LogP contribution in [0.5, 0.6) is 0 Å². The summed E-state index contributed by atoms with van der Waals surface area (Å²) < 4.78 is 13.8. The number of carbonyl (C=O) groups excluding carboxylic acids is 3. The highest BCUT2D eigenvalue weighted by atomic mass is 16.7. The zero-order chi connectivity index (χ0) is 14.1. The van der Waals surface area contributed by atoms with E-state index in [4.69, 9.17) is 4.74 Å². The highest BCUT2D eigenvalue weighted by molar-refractivity contribution is 5.92. The van der Waals surface area contributed by atoms with E-state index in [0.717, 1.165) is 7.11 Å². The van der Waals surface area contributed by atoms with Gasteiger partial charge < -0.3 is 19.5 Å². The molecule has 1 N–H and O–H groups in total. The van der Waals surface area contributed by atoms with Crippen molar-refractivity contribution in [1.29, 1.82) is 0 Å². The molecule has 0 saturated heterocycles. The topological polar surface area (TPSA) is 90.9 Å². The van der Waals surface area contributed by atoms with Gasteiger partial charge in [-0.1, -0.05) is 6.58 Å². The first-order chi connectivity index (χ1) is 8.36. The minimum Gasteiger partial charge on any atom is -0.457 e. The molecule has 0 spiro atoms. The molecule has 0 fully saturated rings. The minimum atomic E-state index is -0.890. The maximum absolute atomic E-state index is 11.2. The van der Waals surface area contributed by atoms with Crippen molar-refractivity contribution in [3.63, 3.8) is 0 Å². The third-order valence-electron chi connectivity index (χ3n) is 1.76. The molecule has 0 aromatic rings. The Labute approximate surface area is 105 Å². The number of amides is 1. The summed E-state index contributed by atoms with van der Waals surface area (Å²) in [6.45, 7) is 6.02. The van der Waals surface area contributed by atoms with Crippen LogP contribution in [0.2, 0.25) is 0 Å². The van der Waals surface area contributed by atoms with E-state index < -0.39 is 18.2 Å². The van der Waals surface area contributed by atoms with Gasteiger partial charge in [0.2, 0.25) is 5.91 Å². The summed E-state index contributed by atoms with van der Waals surface area (Å²) in [7, 11) is 1.16. The van der Waals surface area contributed by atoms with Crippen LogP contribution in [0, 0.1) is 0 Å². The van der Waals surface area contributed by atoms with Crippen LogP contribution in [-0.2, 0) is 23.8 Å². The van der Waals surface area contributed by atoms with Crippen LogP contribution >= 0.6 is 0 Å². The maximum atomic E-state index is 11.2. The fourth-order valence-corrected chi connectivity index (χ4v) is 0.947. The Morgan fingerprint density at radius 3 is 2.33 bits per heavy atom. The quantitative estimate of drug-likeness (QED) is 0.548. The second-order valence-electron chi connectivity index (χ2n) is 3.49. The van der Waals surface area contributed by atoms with E-state index in [9.17, 15) is 14.4 Å². The monoisotopic (exact) mass is 259 g/mol. The number of rotatable bonds is 6. The van der Waals surface area contributed by atoms with Crippen LogP contribution in [0.1, 0.15) is 13.8 Å². The molecule has 0 bridgehead atoms. The van der Waals surface area contributed by atoms with Crippen LogP contribution in [0.15, 0.2) is 12.2 Å². The Morgan fingerprint density at radius 1 is 1.28 bits per heavy atom. The first kappa shape index (κ1) is 16.0. The number of methoxy groups -OCH3 is 1. The molecule has 1 atom stereocenters. The van der Waals surface area contributed by atoms with E-state index in [1.54, 1.807) is 6.92 Å². The Hall–Kier alpha value is -2.05. The van der Waals surface area contributed by atoms with Gasteiger partial charge in [-0.05, 0) is 6.92 Å². The summed E-state index contributed by atoms with van der Waals surface area (Å²) in [5.41, 5.74) is 0.325. The summed E-state index contributed by atoms with van der Waals surface area (Å²) in [6, 6.07) is 0. The molecule has 0 saturated carbocycles. The number of hydrogen-bond donors (Lipinski definition) is 1. The summed E-state index contributed by atoms with van der Waals surface area (Å²) in [4.78, 5) is 32.8. The van der Waals surface area contributed by atoms with Crippen molar-refractivity contribution < 1.29 is 28.6 Å². The second kappa shape index (κ2) is 8.10. The number of carbonyl (C=O) groups is 3. The first-order valence-corrected chi connectivity index (χ1v) is 5.18. The van der Waals surface area contributed by atoms with Crippen molar-refractivity contribution in [3.8, 4) is 0 Å². The summed E-state index contributed by atoms with van der Waals surface area (Å²) >= 11 is 0. The molecular formula is C11H17NO6. The van der Waals surface area contributed by atoms with Gasteiger partial charge in [-0.25, -0.2) is 4.79 Å². The van der Waals surface area contributed by atoms with E-state index in [1.807, 2.05) is 0 Å². The summed E-state index contributed by atoms with van der Waals surface area (Å²) in [6.07, 6.45) is -1.66. The lowest BCUT2D eigenvalue weighted by atomic mass is 10.3. The van der Waals surface area contributed by atoms with Gasteiger partial charge in [0.15, 0.2) is 6.10 Å². The lowest BCUT2D eigenvalue weighted by Gasteiger charge is -2.17. The van der Waals surface area contributed by atoms with Crippen molar-refractivity contribution in [2.45, 2.75) is 20.0 Å². The molecule has 7 nitrogen and oxygen atoms in total.